The highest BCUT2D eigenvalue weighted by Gasteiger charge is 2.22. The van der Waals surface area contributed by atoms with Crippen molar-refractivity contribution in [2.75, 3.05) is 13.7 Å². The van der Waals surface area contributed by atoms with E-state index in [1.807, 2.05) is 13.2 Å². The van der Waals surface area contributed by atoms with Crippen molar-refractivity contribution in [3.8, 4) is 0 Å². The first kappa shape index (κ1) is 12.6. The van der Waals surface area contributed by atoms with Crippen LogP contribution in [0.1, 0.15) is 44.3 Å². The minimum Gasteiger partial charge on any atom is -0.378 e. The summed E-state index contributed by atoms with van der Waals surface area (Å²) in [5.41, 5.74) is 1.28. The molecule has 4 heteroatoms. The third-order valence-electron chi connectivity index (χ3n) is 3.41. The highest BCUT2D eigenvalue weighted by atomic mass is 16.5. The number of nitrogens with zero attached hydrogens (tertiary/aromatic N) is 2. The molecule has 0 aromatic carbocycles. The summed E-state index contributed by atoms with van der Waals surface area (Å²) in [7, 11) is 2.02. The molecule has 2 rings (SSSR count). The Morgan fingerprint density at radius 1 is 1.65 bits per heavy atom. The van der Waals surface area contributed by atoms with Gasteiger partial charge in [0.1, 0.15) is 0 Å². The Morgan fingerprint density at radius 3 is 3.18 bits per heavy atom. The van der Waals surface area contributed by atoms with Gasteiger partial charge in [0.05, 0.1) is 17.8 Å². The van der Waals surface area contributed by atoms with Gasteiger partial charge in [-0.2, -0.15) is 5.10 Å². The van der Waals surface area contributed by atoms with Crippen molar-refractivity contribution in [3.63, 3.8) is 0 Å². The van der Waals surface area contributed by atoms with Crippen LogP contribution in [0, 0.1) is 0 Å². The van der Waals surface area contributed by atoms with E-state index in [9.17, 15) is 0 Å². The number of nitrogens with one attached hydrogen (secondary N) is 1. The SMILES string of the molecule is CCCn1nccc1C(CC1CCCO1)NC. The van der Waals surface area contributed by atoms with Crippen molar-refractivity contribution in [2.24, 2.45) is 0 Å². The smallest absolute Gasteiger partial charge is 0.0594 e. The van der Waals surface area contributed by atoms with Crippen LogP contribution in [0.2, 0.25) is 0 Å². The second-order valence-electron chi connectivity index (χ2n) is 4.69. The molecule has 1 N–H and O–H groups in total. The minimum absolute atomic E-state index is 0.354. The maximum absolute atomic E-state index is 5.71. The van der Waals surface area contributed by atoms with Gasteiger partial charge in [-0.05, 0) is 38.8 Å². The Kier molecular flexibility index (Phi) is 4.57. The van der Waals surface area contributed by atoms with Crippen LogP contribution in [0.3, 0.4) is 0 Å². The molecule has 0 bridgehead atoms. The topological polar surface area (TPSA) is 39.1 Å². The molecule has 0 saturated carbocycles. The fourth-order valence-corrected chi connectivity index (χ4v) is 2.52. The molecule has 96 valence electrons. The van der Waals surface area contributed by atoms with Crippen LogP contribution in [0.5, 0.6) is 0 Å². The first-order valence-electron chi connectivity index (χ1n) is 6.65. The predicted octanol–water partition coefficient (Wildman–Crippen LogP) is 2.12. The van der Waals surface area contributed by atoms with Crippen LogP contribution in [0.25, 0.3) is 0 Å². The number of aryl methyl sites for hydroxylation is 1. The van der Waals surface area contributed by atoms with E-state index in [0.717, 1.165) is 26.0 Å². The average molecular weight is 237 g/mol. The lowest BCUT2D eigenvalue weighted by Crippen LogP contribution is -2.25. The molecule has 1 aliphatic heterocycles. The molecule has 2 heterocycles. The molecule has 4 nitrogen and oxygen atoms in total. The zero-order valence-corrected chi connectivity index (χ0v) is 10.9. The van der Waals surface area contributed by atoms with Crippen molar-refractivity contribution >= 4 is 0 Å². The lowest BCUT2D eigenvalue weighted by atomic mass is 10.0. The van der Waals surface area contributed by atoms with Crippen LogP contribution < -0.4 is 5.32 Å². The third kappa shape index (κ3) is 3.07. The average Bonchev–Trinajstić information content (AvgIpc) is 2.97. The monoisotopic (exact) mass is 237 g/mol. The Bertz CT molecular complexity index is 331. The second kappa shape index (κ2) is 6.17. The van der Waals surface area contributed by atoms with Crippen molar-refractivity contribution in [1.29, 1.82) is 0 Å². The van der Waals surface area contributed by atoms with E-state index in [2.05, 4.69) is 28.1 Å². The number of hydrogen-bond donors (Lipinski definition) is 1. The molecule has 0 radical (unpaired) electrons. The number of rotatable bonds is 6. The van der Waals surface area contributed by atoms with Crippen molar-refractivity contribution in [3.05, 3.63) is 18.0 Å². The molecule has 1 aliphatic rings. The van der Waals surface area contributed by atoms with Crippen LogP contribution in [0.15, 0.2) is 12.3 Å². The second-order valence-corrected chi connectivity index (χ2v) is 4.69. The zero-order chi connectivity index (χ0) is 12.1. The van der Waals surface area contributed by atoms with Gasteiger partial charge >= 0.3 is 0 Å². The summed E-state index contributed by atoms with van der Waals surface area (Å²) in [6.45, 7) is 4.10. The van der Waals surface area contributed by atoms with E-state index in [1.165, 1.54) is 18.5 Å². The highest BCUT2D eigenvalue weighted by molar-refractivity contribution is 5.07. The van der Waals surface area contributed by atoms with Gasteiger partial charge in [0.15, 0.2) is 0 Å². The summed E-state index contributed by atoms with van der Waals surface area (Å²) in [5, 5.41) is 7.77. The quantitative estimate of drug-likeness (QED) is 0.823. The van der Waals surface area contributed by atoms with E-state index in [-0.39, 0.29) is 0 Å². The Labute approximate surface area is 103 Å². The van der Waals surface area contributed by atoms with E-state index >= 15 is 0 Å². The van der Waals surface area contributed by atoms with Gasteiger partial charge in [-0.25, -0.2) is 0 Å². The fourth-order valence-electron chi connectivity index (χ4n) is 2.52. The van der Waals surface area contributed by atoms with Crippen LogP contribution >= 0.6 is 0 Å². The molecule has 0 aliphatic carbocycles. The molecule has 0 spiro atoms. The summed E-state index contributed by atoms with van der Waals surface area (Å²) in [4.78, 5) is 0. The largest absolute Gasteiger partial charge is 0.378 e. The summed E-state index contributed by atoms with van der Waals surface area (Å²) in [6, 6.07) is 2.47. The summed E-state index contributed by atoms with van der Waals surface area (Å²) < 4.78 is 7.82. The van der Waals surface area contributed by atoms with Gasteiger partial charge in [0, 0.05) is 19.3 Å². The lowest BCUT2D eigenvalue weighted by Gasteiger charge is -2.21. The van der Waals surface area contributed by atoms with E-state index in [0.29, 0.717) is 12.1 Å². The molecule has 1 aromatic rings. The molecular weight excluding hydrogens is 214 g/mol. The highest BCUT2D eigenvalue weighted by Crippen LogP contribution is 2.24. The molecule has 17 heavy (non-hydrogen) atoms. The lowest BCUT2D eigenvalue weighted by molar-refractivity contribution is 0.0944. The van der Waals surface area contributed by atoms with E-state index in [1.54, 1.807) is 0 Å². The maximum Gasteiger partial charge on any atom is 0.0594 e. The van der Waals surface area contributed by atoms with Gasteiger partial charge in [-0.1, -0.05) is 6.92 Å². The van der Waals surface area contributed by atoms with Gasteiger partial charge in [-0.15, -0.1) is 0 Å². The van der Waals surface area contributed by atoms with Gasteiger partial charge in [0.2, 0.25) is 0 Å². The van der Waals surface area contributed by atoms with E-state index in [4.69, 9.17) is 4.74 Å². The van der Waals surface area contributed by atoms with Crippen molar-refractivity contribution < 1.29 is 4.74 Å². The van der Waals surface area contributed by atoms with Gasteiger partial charge in [-0.3, -0.25) is 4.68 Å². The molecule has 0 amide bonds. The summed E-state index contributed by atoms with van der Waals surface area (Å²) >= 11 is 0. The normalized spacial score (nSPS) is 21.9. The molecular formula is C13H23N3O. The number of ether oxygens (including phenoxy) is 1. The van der Waals surface area contributed by atoms with Crippen molar-refractivity contribution in [2.45, 2.75) is 51.3 Å². The van der Waals surface area contributed by atoms with Crippen molar-refractivity contribution in [1.82, 2.24) is 15.1 Å². The predicted molar refractivity (Wildman–Crippen MR) is 67.9 cm³/mol. The van der Waals surface area contributed by atoms with Gasteiger partial charge < -0.3 is 10.1 Å². The molecule has 2 atom stereocenters. The van der Waals surface area contributed by atoms with Gasteiger partial charge in [0.25, 0.3) is 0 Å². The minimum atomic E-state index is 0.354. The van der Waals surface area contributed by atoms with Crippen LogP contribution in [-0.4, -0.2) is 29.5 Å². The molecule has 1 fully saturated rings. The number of aromatic nitrogens is 2. The van der Waals surface area contributed by atoms with E-state index < -0.39 is 0 Å². The maximum atomic E-state index is 5.71. The Balaban J connectivity index is 2.02. The third-order valence-corrected chi connectivity index (χ3v) is 3.41. The first-order valence-corrected chi connectivity index (χ1v) is 6.65. The zero-order valence-electron chi connectivity index (χ0n) is 10.9. The molecule has 1 aromatic heterocycles. The summed E-state index contributed by atoms with van der Waals surface area (Å²) in [5.74, 6) is 0. The fraction of sp³-hybridized carbons (Fsp3) is 0.769. The van der Waals surface area contributed by atoms with Crippen LogP contribution in [0.4, 0.5) is 0 Å². The van der Waals surface area contributed by atoms with Crippen LogP contribution in [-0.2, 0) is 11.3 Å². The number of hydrogen-bond acceptors (Lipinski definition) is 3. The Hall–Kier alpha value is -0.870. The summed E-state index contributed by atoms with van der Waals surface area (Å²) in [6.07, 6.45) is 6.87. The standard InChI is InChI=1S/C13H23N3O/c1-3-8-16-13(6-7-15-16)12(14-2)10-11-5-4-9-17-11/h6-7,11-12,14H,3-5,8-10H2,1-2H3. The molecule has 1 saturated heterocycles. The Morgan fingerprint density at radius 2 is 2.53 bits per heavy atom. The molecule has 2 unspecified atom stereocenters. The first-order chi connectivity index (χ1) is 8.35.